The summed E-state index contributed by atoms with van der Waals surface area (Å²) in [7, 11) is 0. The highest BCUT2D eigenvalue weighted by molar-refractivity contribution is 5.48. The summed E-state index contributed by atoms with van der Waals surface area (Å²) in [5.41, 5.74) is 4.02. The summed E-state index contributed by atoms with van der Waals surface area (Å²) in [6.07, 6.45) is 2.06. The molecule has 1 fully saturated rings. The quantitative estimate of drug-likeness (QED) is 0.736. The third kappa shape index (κ3) is 3.60. The molecule has 29 heavy (non-hydrogen) atoms. The zero-order valence-corrected chi connectivity index (χ0v) is 18.3. The first-order valence-electron chi connectivity index (χ1n) is 11.0. The number of nitrogens with zero attached hydrogens (tertiary/aromatic N) is 1. The third-order valence-corrected chi connectivity index (χ3v) is 7.80. The molecule has 2 aliphatic rings. The van der Waals surface area contributed by atoms with Crippen LogP contribution in [0.2, 0.25) is 0 Å². The molecule has 2 bridgehead atoms. The SMILES string of the molecule is C[C@H](COCc1ccccc1)CN1CC[C@@]2(C)c3cccc(O)c3C[C@@H]1C2(C)C. The van der Waals surface area contributed by atoms with Gasteiger partial charge in [-0.05, 0) is 53.5 Å². The standard InChI is InChI=1S/C26H35NO2/c1-19(17-29-18-20-9-6-5-7-10-20)16-27-14-13-26(4)22-11-8-12-23(28)21(22)15-24(27)25(26,2)3/h5-12,19,24,28H,13-18H2,1-4H3/t19-,24+,26-/m0/s1. The molecule has 0 unspecified atom stereocenters. The zero-order valence-electron chi connectivity index (χ0n) is 18.3. The molecule has 0 spiro atoms. The van der Waals surface area contributed by atoms with E-state index in [1.165, 1.54) is 11.1 Å². The Morgan fingerprint density at radius 2 is 1.86 bits per heavy atom. The lowest BCUT2D eigenvalue weighted by molar-refractivity contribution is -0.0495. The topological polar surface area (TPSA) is 32.7 Å². The first-order chi connectivity index (χ1) is 13.8. The van der Waals surface area contributed by atoms with Crippen molar-refractivity contribution in [3.8, 4) is 5.75 Å². The van der Waals surface area contributed by atoms with Crippen LogP contribution in [0.1, 0.15) is 50.8 Å². The summed E-state index contributed by atoms with van der Waals surface area (Å²) in [5.74, 6) is 0.944. The van der Waals surface area contributed by atoms with Crippen LogP contribution in [0, 0.1) is 11.3 Å². The molecule has 0 radical (unpaired) electrons. The van der Waals surface area contributed by atoms with E-state index in [0.717, 1.165) is 38.1 Å². The van der Waals surface area contributed by atoms with Gasteiger partial charge in [0.05, 0.1) is 13.2 Å². The molecular formula is C26H35NO2. The second-order valence-electron chi connectivity index (χ2n) is 9.93. The normalized spacial score (nSPS) is 26.7. The van der Waals surface area contributed by atoms with Gasteiger partial charge >= 0.3 is 0 Å². The number of likely N-dealkylation sites (tertiary alicyclic amines) is 1. The van der Waals surface area contributed by atoms with Crippen molar-refractivity contribution in [3.05, 3.63) is 65.2 Å². The van der Waals surface area contributed by atoms with Crippen molar-refractivity contribution in [2.24, 2.45) is 11.3 Å². The first-order valence-corrected chi connectivity index (χ1v) is 11.0. The lowest BCUT2D eigenvalue weighted by Crippen LogP contribution is -2.64. The minimum absolute atomic E-state index is 0.105. The highest BCUT2D eigenvalue weighted by Crippen LogP contribution is 2.57. The van der Waals surface area contributed by atoms with E-state index in [0.29, 0.717) is 24.3 Å². The second kappa shape index (κ2) is 7.77. The summed E-state index contributed by atoms with van der Waals surface area (Å²) in [6.45, 7) is 13.2. The van der Waals surface area contributed by atoms with E-state index in [4.69, 9.17) is 4.74 Å². The fourth-order valence-electron chi connectivity index (χ4n) is 5.66. The number of hydrogen-bond acceptors (Lipinski definition) is 3. The number of fused-ring (bicyclic) bond motifs is 4. The molecule has 3 nitrogen and oxygen atoms in total. The van der Waals surface area contributed by atoms with Gasteiger partial charge < -0.3 is 9.84 Å². The molecular weight excluding hydrogens is 358 g/mol. The summed E-state index contributed by atoms with van der Waals surface area (Å²) in [6, 6.07) is 16.9. The Morgan fingerprint density at radius 1 is 1.10 bits per heavy atom. The van der Waals surface area contributed by atoms with Crippen LogP contribution in [0.3, 0.4) is 0 Å². The maximum Gasteiger partial charge on any atom is 0.119 e. The van der Waals surface area contributed by atoms with Crippen molar-refractivity contribution in [2.45, 2.75) is 58.6 Å². The van der Waals surface area contributed by atoms with E-state index in [1.54, 1.807) is 0 Å². The van der Waals surface area contributed by atoms with Crippen LogP contribution in [0.5, 0.6) is 5.75 Å². The number of ether oxygens (including phenoxy) is 1. The molecule has 0 saturated carbocycles. The van der Waals surface area contributed by atoms with Crippen LogP contribution in [-0.2, 0) is 23.2 Å². The van der Waals surface area contributed by atoms with Gasteiger partial charge in [-0.15, -0.1) is 0 Å². The molecule has 1 saturated heterocycles. The number of hydrogen-bond donors (Lipinski definition) is 1. The Labute approximate surface area is 175 Å². The molecule has 0 amide bonds. The molecule has 4 rings (SSSR count). The Kier molecular flexibility index (Phi) is 5.48. The molecule has 2 aromatic carbocycles. The summed E-state index contributed by atoms with van der Waals surface area (Å²) in [4.78, 5) is 2.66. The molecule has 1 aliphatic carbocycles. The molecule has 3 atom stereocenters. The average molecular weight is 394 g/mol. The minimum Gasteiger partial charge on any atom is -0.508 e. The van der Waals surface area contributed by atoms with E-state index in [1.807, 2.05) is 18.2 Å². The van der Waals surface area contributed by atoms with E-state index in [-0.39, 0.29) is 10.8 Å². The number of rotatable bonds is 6. The van der Waals surface area contributed by atoms with Crippen LogP contribution >= 0.6 is 0 Å². The fraction of sp³-hybridized carbons (Fsp3) is 0.538. The van der Waals surface area contributed by atoms with Crippen LogP contribution < -0.4 is 0 Å². The number of phenols is 1. The molecule has 156 valence electrons. The average Bonchev–Trinajstić information content (AvgIpc) is 2.68. The van der Waals surface area contributed by atoms with Crippen LogP contribution in [0.15, 0.2) is 48.5 Å². The van der Waals surface area contributed by atoms with Gasteiger partial charge in [0.2, 0.25) is 0 Å². The monoisotopic (exact) mass is 393 g/mol. The number of phenolic OH excluding ortho intramolecular Hbond substituents is 1. The van der Waals surface area contributed by atoms with Crippen molar-refractivity contribution in [3.63, 3.8) is 0 Å². The van der Waals surface area contributed by atoms with Gasteiger partial charge in [0.1, 0.15) is 5.75 Å². The van der Waals surface area contributed by atoms with E-state index in [9.17, 15) is 5.11 Å². The Balaban J connectivity index is 1.44. The lowest BCUT2D eigenvalue weighted by Gasteiger charge is -2.61. The molecule has 1 heterocycles. The lowest BCUT2D eigenvalue weighted by atomic mass is 9.51. The predicted octanol–water partition coefficient (Wildman–Crippen LogP) is 5.16. The van der Waals surface area contributed by atoms with Gasteiger partial charge in [-0.3, -0.25) is 4.90 Å². The predicted molar refractivity (Wildman–Crippen MR) is 118 cm³/mol. The highest BCUT2D eigenvalue weighted by atomic mass is 16.5. The van der Waals surface area contributed by atoms with Crippen LogP contribution in [0.4, 0.5) is 0 Å². The third-order valence-electron chi connectivity index (χ3n) is 7.80. The van der Waals surface area contributed by atoms with Gasteiger partial charge in [0, 0.05) is 18.0 Å². The summed E-state index contributed by atoms with van der Waals surface area (Å²) >= 11 is 0. The van der Waals surface area contributed by atoms with Crippen molar-refractivity contribution >= 4 is 0 Å². The van der Waals surface area contributed by atoms with E-state index >= 15 is 0 Å². The fourth-order valence-corrected chi connectivity index (χ4v) is 5.66. The van der Waals surface area contributed by atoms with Crippen molar-refractivity contribution < 1.29 is 9.84 Å². The highest BCUT2D eigenvalue weighted by Gasteiger charge is 2.56. The van der Waals surface area contributed by atoms with Gasteiger partial charge in [-0.2, -0.15) is 0 Å². The molecule has 1 N–H and O–H groups in total. The van der Waals surface area contributed by atoms with Crippen molar-refractivity contribution in [1.29, 1.82) is 0 Å². The molecule has 0 aromatic heterocycles. The summed E-state index contributed by atoms with van der Waals surface area (Å²) in [5, 5.41) is 10.6. The largest absolute Gasteiger partial charge is 0.508 e. The van der Waals surface area contributed by atoms with Crippen LogP contribution in [0.25, 0.3) is 0 Å². The Bertz CT molecular complexity index is 847. The Hall–Kier alpha value is -1.84. The maximum atomic E-state index is 10.6. The smallest absolute Gasteiger partial charge is 0.119 e. The molecule has 1 aliphatic heterocycles. The van der Waals surface area contributed by atoms with Gasteiger partial charge in [0.15, 0.2) is 0 Å². The summed E-state index contributed by atoms with van der Waals surface area (Å²) < 4.78 is 6.01. The Morgan fingerprint density at radius 3 is 2.62 bits per heavy atom. The van der Waals surface area contributed by atoms with Crippen LogP contribution in [-0.4, -0.2) is 35.7 Å². The second-order valence-corrected chi connectivity index (χ2v) is 9.93. The number of piperidine rings is 1. The molecule has 3 heteroatoms. The van der Waals surface area contributed by atoms with Gasteiger partial charge in [-0.25, -0.2) is 0 Å². The van der Waals surface area contributed by atoms with Crippen molar-refractivity contribution in [1.82, 2.24) is 4.90 Å². The van der Waals surface area contributed by atoms with Crippen molar-refractivity contribution in [2.75, 3.05) is 19.7 Å². The first kappa shape index (κ1) is 20.4. The van der Waals surface area contributed by atoms with E-state index < -0.39 is 0 Å². The van der Waals surface area contributed by atoms with Gasteiger partial charge in [0.25, 0.3) is 0 Å². The molecule has 2 aromatic rings. The zero-order chi connectivity index (χ0) is 20.6. The maximum absolute atomic E-state index is 10.6. The van der Waals surface area contributed by atoms with E-state index in [2.05, 4.69) is 62.9 Å². The van der Waals surface area contributed by atoms with Gasteiger partial charge in [-0.1, -0.05) is 70.2 Å². The minimum atomic E-state index is 0.105. The number of aromatic hydroxyl groups is 1. The number of benzene rings is 2.